The molecule has 1 fully saturated rings. The summed E-state index contributed by atoms with van der Waals surface area (Å²) in [6.45, 7) is 7.95. The lowest BCUT2D eigenvalue weighted by Gasteiger charge is -2.32. The molecule has 1 aliphatic rings. The lowest BCUT2D eigenvalue weighted by molar-refractivity contribution is -0.126. The van der Waals surface area contributed by atoms with Gasteiger partial charge >= 0.3 is 0 Å². The second-order valence-electron chi connectivity index (χ2n) is 7.93. The van der Waals surface area contributed by atoms with Crippen LogP contribution in [0.3, 0.4) is 0 Å². The molecule has 2 aromatic carbocycles. The molecule has 0 aliphatic carbocycles. The van der Waals surface area contributed by atoms with Crippen LogP contribution in [0.5, 0.6) is 0 Å². The van der Waals surface area contributed by atoms with E-state index in [1.165, 1.54) is 11.1 Å². The Balaban J connectivity index is 1.55. The first-order valence-electron chi connectivity index (χ1n) is 10.1. The summed E-state index contributed by atoms with van der Waals surface area (Å²) >= 11 is 0. The fourth-order valence-corrected chi connectivity index (χ4v) is 4.01. The summed E-state index contributed by atoms with van der Waals surface area (Å²) < 4.78 is 0. The van der Waals surface area contributed by atoms with Crippen LogP contribution in [0.15, 0.2) is 42.5 Å². The number of aryl methyl sites for hydroxylation is 3. The molecule has 4 heteroatoms. The number of carbonyl (C=O) groups is 2. The third-order valence-electron chi connectivity index (χ3n) is 5.50. The van der Waals surface area contributed by atoms with Gasteiger partial charge in [-0.25, -0.2) is 0 Å². The summed E-state index contributed by atoms with van der Waals surface area (Å²) in [5.74, 6) is -0.0313. The predicted molar refractivity (Wildman–Crippen MR) is 112 cm³/mol. The molecule has 1 saturated heterocycles. The fourth-order valence-electron chi connectivity index (χ4n) is 4.01. The number of carbonyl (C=O) groups excluding carboxylic acids is 2. The second kappa shape index (κ2) is 9.05. The molecule has 148 valence electrons. The molecule has 0 aromatic heterocycles. The third kappa shape index (κ3) is 5.00. The first kappa shape index (κ1) is 20.1. The van der Waals surface area contributed by atoms with Gasteiger partial charge in [-0.3, -0.25) is 9.59 Å². The van der Waals surface area contributed by atoms with E-state index in [1.54, 1.807) is 0 Å². The summed E-state index contributed by atoms with van der Waals surface area (Å²) in [7, 11) is 0. The first-order valence-corrected chi connectivity index (χ1v) is 10.1. The van der Waals surface area contributed by atoms with Crippen molar-refractivity contribution >= 4 is 11.8 Å². The highest BCUT2D eigenvalue weighted by Crippen LogP contribution is 2.20. The molecular formula is C24H30N2O2. The Morgan fingerprint density at radius 1 is 1.07 bits per heavy atom. The Labute approximate surface area is 167 Å². The number of nitrogens with one attached hydrogen (secondary N) is 1. The monoisotopic (exact) mass is 378 g/mol. The summed E-state index contributed by atoms with van der Waals surface area (Å²) in [5.41, 5.74) is 5.41. The van der Waals surface area contributed by atoms with Crippen molar-refractivity contribution in [3.63, 3.8) is 0 Å². The third-order valence-corrected chi connectivity index (χ3v) is 5.50. The van der Waals surface area contributed by atoms with Gasteiger partial charge in [0.25, 0.3) is 5.91 Å². The second-order valence-corrected chi connectivity index (χ2v) is 7.93. The molecule has 0 bridgehead atoms. The van der Waals surface area contributed by atoms with Crippen molar-refractivity contribution in [2.45, 2.75) is 40.0 Å². The van der Waals surface area contributed by atoms with Crippen LogP contribution in [0.25, 0.3) is 0 Å². The Hall–Kier alpha value is -2.62. The van der Waals surface area contributed by atoms with Crippen molar-refractivity contribution < 1.29 is 9.59 Å². The number of rotatable bonds is 5. The van der Waals surface area contributed by atoms with Crippen molar-refractivity contribution in [2.75, 3.05) is 19.6 Å². The van der Waals surface area contributed by atoms with E-state index in [1.807, 2.05) is 43.0 Å². The molecule has 28 heavy (non-hydrogen) atoms. The summed E-state index contributed by atoms with van der Waals surface area (Å²) in [5, 5.41) is 3.07. The average molecular weight is 379 g/mol. The molecule has 1 heterocycles. The molecule has 0 spiro atoms. The minimum Gasteiger partial charge on any atom is -0.355 e. The van der Waals surface area contributed by atoms with Crippen LogP contribution in [0, 0.1) is 26.7 Å². The van der Waals surface area contributed by atoms with E-state index in [0.29, 0.717) is 13.1 Å². The van der Waals surface area contributed by atoms with E-state index in [0.717, 1.165) is 42.5 Å². The number of likely N-dealkylation sites (tertiary alicyclic amines) is 1. The predicted octanol–water partition coefficient (Wildman–Crippen LogP) is 3.82. The molecule has 1 N–H and O–H groups in total. The van der Waals surface area contributed by atoms with Crippen LogP contribution in [-0.2, 0) is 11.2 Å². The van der Waals surface area contributed by atoms with Crippen molar-refractivity contribution in [3.8, 4) is 0 Å². The number of hydrogen-bond acceptors (Lipinski definition) is 2. The molecule has 1 unspecified atom stereocenters. The van der Waals surface area contributed by atoms with Crippen molar-refractivity contribution in [1.29, 1.82) is 0 Å². The Bertz CT molecular complexity index is 839. The van der Waals surface area contributed by atoms with Gasteiger partial charge in [-0.1, -0.05) is 41.5 Å². The Morgan fingerprint density at radius 2 is 1.79 bits per heavy atom. The van der Waals surface area contributed by atoms with Crippen LogP contribution in [0.4, 0.5) is 0 Å². The lowest BCUT2D eigenvalue weighted by atomic mass is 9.96. The number of nitrogens with zero attached hydrogens (tertiary/aromatic N) is 1. The molecular weight excluding hydrogens is 348 g/mol. The van der Waals surface area contributed by atoms with Crippen molar-refractivity contribution in [1.82, 2.24) is 10.2 Å². The van der Waals surface area contributed by atoms with Crippen LogP contribution < -0.4 is 5.32 Å². The zero-order chi connectivity index (χ0) is 20.1. The average Bonchev–Trinajstić information content (AvgIpc) is 2.68. The SMILES string of the molecule is Cc1cc(C)cc(C(=O)N2CCCC(C(=O)NCCc3ccccc3C)C2)c1. The van der Waals surface area contributed by atoms with Crippen LogP contribution in [0.2, 0.25) is 0 Å². The largest absolute Gasteiger partial charge is 0.355 e. The number of amides is 2. The van der Waals surface area contributed by atoms with Gasteiger partial charge in [0.15, 0.2) is 0 Å². The highest BCUT2D eigenvalue weighted by molar-refractivity contribution is 5.95. The highest BCUT2D eigenvalue weighted by atomic mass is 16.2. The molecule has 0 saturated carbocycles. The summed E-state index contributed by atoms with van der Waals surface area (Å²) in [6.07, 6.45) is 2.54. The maximum absolute atomic E-state index is 12.9. The van der Waals surface area contributed by atoms with Crippen molar-refractivity contribution in [3.05, 3.63) is 70.3 Å². The van der Waals surface area contributed by atoms with Crippen LogP contribution in [0.1, 0.15) is 45.5 Å². The van der Waals surface area contributed by atoms with E-state index in [4.69, 9.17) is 0 Å². The minimum absolute atomic E-state index is 0.0317. The van der Waals surface area contributed by atoms with Gasteiger partial charge in [0, 0.05) is 25.2 Å². The van der Waals surface area contributed by atoms with Crippen LogP contribution in [-0.4, -0.2) is 36.3 Å². The molecule has 3 rings (SSSR count). The van der Waals surface area contributed by atoms with E-state index < -0.39 is 0 Å². The number of piperidine rings is 1. The quantitative estimate of drug-likeness (QED) is 0.860. The summed E-state index contributed by atoms with van der Waals surface area (Å²) in [4.78, 5) is 27.4. The van der Waals surface area contributed by atoms with Crippen molar-refractivity contribution in [2.24, 2.45) is 5.92 Å². The molecule has 2 amide bonds. The van der Waals surface area contributed by atoms with E-state index >= 15 is 0 Å². The number of hydrogen-bond donors (Lipinski definition) is 1. The van der Waals surface area contributed by atoms with E-state index in [-0.39, 0.29) is 17.7 Å². The molecule has 2 aromatic rings. The van der Waals surface area contributed by atoms with Gasteiger partial charge in [-0.15, -0.1) is 0 Å². The van der Waals surface area contributed by atoms with Crippen LogP contribution >= 0.6 is 0 Å². The topological polar surface area (TPSA) is 49.4 Å². The molecule has 0 radical (unpaired) electrons. The lowest BCUT2D eigenvalue weighted by Crippen LogP contribution is -2.45. The molecule has 1 atom stereocenters. The highest BCUT2D eigenvalue weighted by Gasteiger charge is 2.28. The molecule has 1 aliphatic heterocycles. The zero-order valence-electron chi connectivity index (χ0n) is 17.1. The van der Waals surface area contributed by atoms with Gasteiger partial charge in [0.05, 0.1) is 5.92 Å². The first-order chi connectivity index (χ1) is 13.4. The minimum atomic E-state index is -0.125. The van der Waals surface area contributed by atoms with Gasteiger partial charge in [-0.2, -0.15) is 0 Å². The van der Waals surface area contributed by atoms with Gasteiger partial charge in [0.2, 0.25) is 5.91 Å². The maximum atomic E-state index is 12.9. The fraction of sp³-hybridized carbons (Fsp3) is 0.417. The van der Waals surface area contributed by atoms with Gasteiger partial charge in [0.1, 0.15) is 0 Å². The Morgan fingerprint density at radius 3 is 2.50 bits per heavy atom. The maximum Gasteiger partial charge on any atom is 0.253 e. The van der Waals surface area contributed by atoms with Gasteiger partial charge < -0.3 is 10.2 Å². The normalized spacial score (nSPS) is 16.7. The standard InChI is InChI=1S/C24H30N2O2/c1-17-13-18(2)15-22(14-17)24(28)26-12-6-9-21(16-26)23(27)25-11-10-20-8-5-4-7-19(20)3/h4-5,7-8,13-15,21H,6,9-12,16H2,1-3H3,(H,25,27). The number of benzene rings is 2. The summed E-state index contributed by atoms with van der Waals surface area (Å²) in [6, 6.07) is 14.2. The van der Waals surface area contributed by atoms with E-state index in [2.05, 4.69) is 30.4 Å². The zero-order valence-corrected chi connectivity index (χ0v) is 17.1. The Kier molecular flexibility index (Phi) is 6.50. The molecule has 4 nitrogen and oxygen atoms in total. The smallest absolute Gasteiger partial charge is 0.253 e. The van der Waals surface area contributed by atoms with Gasteiger partial charge in [-0.05, 0) is 63.3 Å². The van der Waals surface area contributed by atoms with E-state index in [9.17, 15) is 9.59 Å².